The lowest BCUT2D eigenvalue weighted by Crippen LogP contribution is -2.12. The van der Waals surface area contributed by atoms with Crippen molar-refractivity contribution in [2.45, 2.75) is 0 Å². The van der Waals surface area contributed by atoms with Gasteiger partial charge in [0.1, 0.15) is 6.33 Å². The van der Waals surface area contributed by atoms with Crippen molar-refractivity contribution in [2.75, 3.05) is 0 Å². The Bertz CT molecular complexity index is 306. The molecule has 0 bridgehead atoms. The molecule has 0 atom stereocenters. The minimum absolute atomic E-state index is 0.101. The number of carbonyl (C=O) groups is 1. The molecule has 0 spiro atoms. The van der Waals surface area contributed by atoms with Crippen LogP contribution in [-0.2, 0) is 4.79 Å². The number of benzene rings is 1. The summed E-state index contributed by atoms with van der Waals surface area (Å²) in [5.74, 6) is -0.760. The summed E-state index contributed by atoms with van der Waals surface area (Å²) >= 11 is 0. The number of hydrogen-bond acceptors (Lipinski definition) is 1. The van der Waals surface area contributed by atoms with Gasteiger partial charge in [0.15, 0.2) is 0 Å². The molecule has 1 amide bonds. The fraction of sp³-hybridized carbons (Fsp3) is 0. The van der Waals surface area contributed by atoms with Crippen LogP contribution in [0.4, 0.5) is 4.39 Å². The van der Waals surface area contributed by atoms with Crippen molar-refractivity contribution >= 4 is 11.5 Å². The Balaban J connectivity index is 3.05. The topological polar surface area (TPSA) is 43.1 Å². The molecule has 1 aromatic carbocycles. The summed E-state index contributed by atoms with van der Waals surface area (Å²) in [5.41, 5.74) is 5.32. The number of primary amides is 1. The molecule has 0 unspecified atom stereocenters. The predicted octanol–water partition coefficient (Wildman–Crippen LogP) is 1.48. The molecule has 0 aliphatic carbocycles. The van der Waals surface area contributed by atoms with Gasteiger partial charge in [-0.1, -0.05) is 30.3 Å². The maximum absolute atomic E-state index is 12.1. The zero-order valence-electron chi connectivity index (χ0n) is 6.33. The lowest BCUT2D eigenvalue weighted by molar-refractivity contribution is -0.112. The van der Waals surface area contributed by atoms with Gasteiger partial charge in [0.2, 0.25) is 0 Å². The van der Waals surface area contributed by atoms with Crippen LogP contribution in [0, 0.1) is 0 Å². The number of halogens is 1. The first-order chi connectivity index (χ1) is 5.75. The highest BCUT2D eigenvalue weighted by Crippen LogP contribution is 2.12. The van der Waals surface area contributed by atoms with E-state index in [2.05, 4.69) is 0 Å². The summed E-state index contributed by atoms with van der Waals surface area (Å²) in [7, 11) is 0. The molecular formula is C9H8FNO. The minimum Gasteiger partial charge on any atom is -0.366 e. The van der Waals surface area contributed by atoms with Gasteiger partial charge in [0.25, 0.3) is 5.91 Å². The van der Waals surface area contributed by atoms with E-state index in [4.69, 9.17) is 5.73 Å². The van der Waals surface area contributed by atoms with E-state index >= 15 is 0 Å². The van der Waals surface area contributed by atoms with Gasteiger partial charge in [0, 0.05) is 0 Å². The molecule has 0 saturated heterocycles. The molecule has 1 aromatic rings. The summed E-state index contributed by atoms with van der Waals surface area (Å²) in [6.07, 6.45) is 0.220. The lowest BCUT2D eigenvalue weighted by Gasteiger charge is -1.99. The molecule has 62 valence electrons. The molecule has 2 nitrogen and oxygen atoms in total. The van der Waals surface area contributed by atoms with Crippen LogP contribution in [0.25, 0.3) is 5.57 Å². The second-order valence-corrected chi connectivity index (χ2v) is 2.25. The van der Waals surface area contributed by atoms with Gasteiger partial charge in [-0.25, -0.2) is 4.39 Å². The van der Waals surface area contributed by atoms with Crippen molar-refractivity contribution in [2.24, 2.45) is 5.73 Å². The standard InChI is InChI=1S/C9H8FNO/c10-6-8(9(11)12)7-4-2-1-3-5-7/h1-6H,(H2,11,12). The van der Waals surface area contributed by atoms with E-state index in [1.807, 2.05) is 0 Å². The van der Waals surface area contributed by atoms with Crippen molar-refractivity contribution in [1.29, 1.82) is 0 Å². The van der Waals surface area contributed by atoms with Gasteiger partial charge >= 0.3 is 0 Å². The van der Waals surface area contributed by atoms with E-state index in [1.54, 1.807) is 30.3 Å². The first kappa shape index (κ1) is 8.46. The predicted molar refractivity (Wildman–Crippen MR) is 44.7 cm³/mol. The fourth-order valence-electron chi connectivity index (χ4n) is 0.877. The second-order valence-electron chi connectivity index (χ2n) is 2.25. The Hall–Kier alpha value is -1.64. The Morgan fingerprint density at radius 3 is 2.33 bits per heavy atom. The lowest BCUT2D eigenvalue weighted by atomic mass is 10.1. The number of rotatable bonds is 2. The van der Waals surface area contributed by atoms with Crippen LogP contribution in [-0.4, -0.2) is 5.91 Å². The number of amides is 1. The molecule has 0 heterocycles. The monoisotopic (exact) mass is 165 g/mol. The van der Waals surface area contributed by atoms with Crippen LogP contribution >= 0.6 is 0 Å². The van der Waals surface area contributed by atoms with Crippen molar-refractivity contribution in [1.82, 2.24) is 0 Å². The average Bonchev–Trinajstić information content (AvgIpc) is 2.07. The average molecular weight is 165 g/mol. The van der Waals surface area contributed by atoms with Crippen LogP contribution in [0.2, 0.25) is 0 Å². The highest BCUT2D eigenvalue weighted by Gasteiger charge is 2.06. The fourth-order valence-corrected chi connectivity index (χ4v) is 0.877. The van der Waals surface area contributed by atoms with Crippen LogP contribution < -0.4 is 5.73 Å². The van der Waals surface area contributed by atoms with E-state index in [1.165, 1.54) is 0 Å². The van der Waals surface area contributed by atoms with Crippen molar-refractivity contribution in [3.8, 4) is 0 Å². The molecule has 0 aliphatic rings. The molecule has 0 radical (unpaired) electrons. The van der Waals surface area contributed by atoms with Gasteiger partial charge in [-0.05, 0) is 5.56 Å². The van der Waals surface area contributed by atoms with E-state index < -0.39 is 5.91 Å². The summed E-state index contributed by atoms with van der Waals surface area (Å²) in [4.78, 5) is 10.6. The quantitative estimate of drug-likeness (QED) is 0.663. The molecule has 3 heteroatoms. The van der Waals surface area contributed by atoms with Crippen molar-refractivity contribution in [3.05, 3.63) is 42.2 Å². The molecule has 0 saturated carbocycles. The third kappa shape index (κ3) is 1.69. The summed E-state index contributed by atoms with van der Waals surface area (Å²) in [6, 6.07) is 8.44. The largest absolute Gasteiger partial charge is 0.366 e. The van der Waals surface area contributed by atoms with Gasteiger partial charge in [-0.15, -0.1) is 0 Å². The number of nitrogens with two attached hydrogens (primary N) is 1. The molecule has 1 rings (SSSR count). The van der Waals surface area contributed by atoms with E-state index in [9.17, 15) is 9.18 Å². The Kier molecular flexibility index (Phi) is 2.58. The zero-order valence-corrected chi connectivity index (χ0v) is 6.33. The maximum Gasteiger partial charge on any atom is 0.251 e. The minimum atomic E-state index is -0.760. The highest BCUT2D eigenvalue weighted by molar-refractivity contribution is 6.18. The van der Waals surface area contributed by atoms with Gasteiger partial charge in [0.05, 0.1) is 5.57 Å². The van der Waals surface area contributed by atoms with Crippen LogP contribution in [0.1, 0.15) is 5.56 Å². The normalized spacial score (nSPS) is 11.2. The summed E-state index contributed by atoms with van der Waals surface area (Å²) in [6.45, 7) is 0. The van der Waals surface area contributed by atoms with E-state index in [0.717, 1.165) is 0 Å². The van der Waals surface area contributed by atoms with Gasteiger partial charge in [-0.2, -0.15) is 0 Å². The smallest absolute Gasteiger partial charge is 0.251 e. The first-order valence-corrected chi connectivity index (χ1v) is 3.41. The SMILES string of the molecule is NC(=O)C(=CF)c1ccccc1. The van der Waals surface area contributed by atoms with E-state index in [0.29, 0.717) is 5.56 Å². The summed E-state index contributed by atoms with van der Waals surface area (Å²) < 4.78 is 12.1. The molecule has 2 N–H and O–H groups in total. The third-order valence-corrected chi connectivity index (χ3v) is 1.46. The van der Waals surface area contributed by atoms with E-state index in [-0.39, 0.29) is 11.9 Å². The number of carbonyl (C=O) groups excluding carboxylic acids is 1. The van der Waals surface area contributed by atoms with Crippen LogP contribution in [0.5, 0.6) is 0 Å². The number of hydrogen-bond donors (Lipinski definition) is 1. The molecule has 0 aliphatic heterocycles. The van der Waals surface area contributed by atoms with Crippen LogP contribution in [0.15, 0.2) is 36.7 Å². The van der Waals surface area contributed by atoms with Gasteiger partial charge in [-0.3, -0.25) is 4.79 Å². The van der Waals surface area contributed by atoms with Gasteiger partial charge < -0.3 is 5.73 Å². The van der Waals surface area contributed by atoms with Crippen molar-refractivity contribution in [3.63, 3.8) is 0 Å². The molecule has 12 heavy (non-hydrogen) atoms. The molecular weight excluding hydrogens is 157 g/mol. The zero-order chi connectivity index (χ0) is 8.97. The van der Waals surface area contributed by atoms with Crippen LogP contribution in [0.3, 0.4) is 0 Å². The molecule has 0 fully saturated rings. The Labute approximate surface area is 69.5 Å². The second kappa shape index (κ2) is 3.67. The third-order valence-electron chi connectivity index (χ3n) is 1.46. The Morgan fingerprint density at radius 1 is 1.33 bits per heavy atom. The first-order valence-electron chi connectivity index (χ1n) is 3.41. The highest BCUT2D eigenvalue weighted by atomic mass is 19.1. The molecule has 0 aromatic heterocycles. The Morgan fingerprint density at radius 2 is 1.92 bits per heavy atom. The maximum atomic E-state index is 12.1. The van der Waals surface area contributed by atoms with Crippen molar-refractivity contribution < 1.29 is 9.18 Å². The summed E-state index contributed by atoms with van der Waals surface area (Å²) in [5, 5.41) is 0.